The van der Waals surface area contributed by atoms with Gasteiger partial charge < -0.3 is 25.2 Å². The van der Waals surface area contributed by atoms with E-state index in [9.17, 15) is 5.11 Å². The molecule has 0 saturated heterocycles. The largest absolute Gasteiger partial charge is 0.497 e. The summed E-state index contributed by atoms with van der Waals surface area (Å²) in [5, 5.41) is 16.7. The third-order valence-electron chi connectivity index (χ3n) is 3.86. The van der Waals surface area contributed by atoms with Crippen LogP contribution in [-0.4, -0.2) is 38.4 Å². The average molecular weight is 357 g/mol. The lowest BCUT2D eigenvalue weighted by Gasteiger charge is -2.16. The Kier molecular flexibility index (Phi) is 7.76. The van der Waals surface area contributed by atoms with Crippen molar-refractivity contribution in [3.05, 3.63) is 59.7 Å². The van der Waals surface area contributed by atoms with E-state index in [2.05, 4.69) is 15.6 Å². The lowest BCUT2D eigenvalue weighted by molar-refractivity contribution is 0.180. The molecule has 6 heteroatoms. The number of nitrogens with zero attached hydrogens (tertiary/aromatic N) is 1. The SMILES string of the molecule is CCNC(=NCc1ccc(OC)cc1)NCC(O)c1cccc(OC)c1. The van der Waals surface area contributed by atoms with Gasteiger partial charge in [0.1, 0.15) is 11.5 Å². The quantitative estimate of drug-likeness (QED) is 0.500. The Morgan fingerprint density at radius 3 is 2.42 bits per heavy atom. The van der Waals surface area contributed by atoms with Gasteiger partial charge in [-0.2, -0.15) is 0 Å². The van der Waals surface area contributed by atoms with Crippen molar-refractivity contribution < 1.29 is 14.6 Å². The molecule has 2 rings (SSSR count). The van der Waals surface area contributed by atoms with Gasteiger partial charge in [-0.25, -0.2) is 4.99 Å². The van der Waals surface area contributed by atoms with Crippen molar-refractivity contribution >= 4 is 5.96 Å². The summed E-state index contributed by atoms with van der Waals surface area (Å²) in [6.45, 7) is 3.63. The summed E-state index contributed by atoms with van der Waals surface area (Å²) in [5.74, 6) is 2.20. The highest BCUT2D eigenvalue weighted by Gasteiger charge is 2.09. The van der Waals surface area contributed by atoms with E-state index < -0.39 is 6.10 Å². The number of aliphatic hydroxyl groups excluding tert-OH is 1. The summed E-state index contributed by atoms with van der Waals surface area (Å²) in [6, 6.07) is 15.2. The molecule has 0 aliphatic heterocycles. The fourth-order valence-electron chi connectivity index (χ4n) is 2.40. The predicted octanol–water partition coefficient (Wildman–Crippen LogP) is 2.49. The Balaban J connectivity index is 1.95. The zero-order chi connectivity index (χ0) is 18.8. The molecule has 0 aromatic heterocycles. The first kappa shape index (κ1) is 19.6. The number of hydrogen-bond acceptors (Lipinski definition) is 4. The fraction of sp³-hybridized carbons (Fsp3) is 0.350. The second-order valence-electron chi connectivity index (χ2n) is 5.72. The molecular formula is C20H27N3O3. The topological polar surface area (TPSA) is 75.1 Å². The number of ether oxygens (including phenoxy) is 2. The van der Waals surface area contributed by atoms with Gasteiger partial charge in [0.05, 0.1) is 26.9 Å². The van der Waals surface area contributed by atoms with Gasteiger partial charge in [-0.1, -0.05) is 24.3 Å². The average Bonchev–Trinajstić information content (AvgIpc) is 2.70. The van der Waals surface area contributed by atoms with Gasteiger partial charge in [0.15, 0.2) is 5.96 Å². The molecule has 0 heterocycles. The van der Waals surface area contributed by atoms with E-state index in [4.69, 9.17) is 9.47 Å². The first-order valence-electron chi connectivity index (χ1n) is 8.63. The summed E-state index contributed by atoms with van der Waals surface area (Å²) in [5.41, 5.74) is 1.87. The van der Waals surface area contributed by atoms with Crippen LogP contribution >= 0.6 is 0 Å². The normalized spacial score (nSPS) is 12.4. The second-order valence-corrected chi connectivity index (χ2v) is 5.72. The molecule has 2 aromatic carbocycles. The van der Waals surface area contributed by atoms with Crippen molar-refractivity contribution in [3.8, 4) is 11.5 Å². The van der Waals surface area contributed by atoms with Crippen molar-refractivity contribution in [2.75, 3.05) is 27.3 Å². The van der Waals surface area contributed by atoms with Gasteiger partial charge >= 0.3 is 0 Å². The maximum absolute atomic E-state index is 10.4. The minimum absolute atomic E-state index is 0.349. The Morgan fingerprint density at radius 1 is 1.04 bits per heavy atom. The number of nitrogens with one attached hydrogen (secondary N) is 2. The van der Waals surface area contributed by atoms with Crippen molar-refractivity contribution in [1.29, 1.82) is 0 Å². The molecule has 6 nitrogen and oxygen atoms in total. The number of benzene rings is 2. The molecule has 0 fully saturated rings. The van der Waals surface area contributed by atoms with Crippen LogP contribution < -0.4 is 20.1 Å². The number of aliphatic imine (C=N–C) groups is 1. The molecule has 0 radical (unpaired) electrons. The van der Waals surface area contributed by atoms with Crippen LogP contribution in [0.3, 0.4) is 0 Å². The van der Waals surface area contributed by atoms with Crippen molar-refractivity contribution in [3.63, 3.8) is 0 Å². The van der Waals surface area contributed by atoms with E-state index in [0.29, 0.717) is 19.0 Å². The van der Waals surface area contributed by atoms with E-state index in [1.54, 1.807) is 14.2 Å². The summed E-state index contributed by atoms with van der Waals surface area (Å²) < 4.78 is 10.4. The highest BCUT2D eigenvalue weighted by Crippen LogP contribution is 2.18. The zero-order valence-electron chi connectivity index (χ0n) is 15.5. The van der Waals surface area contributed by atoms with Crippen LogP contribution in [-0.2, 0) is 6.54 Å². The molecule has 0 bridgehead atoms. The number of aliphatic hydroxyl groups is 1. The van der Waals surface area contributed by atoms with Crippen LogP contribution in [0.1, 0.15) is 24.2 Å². The van der Waals surface area contributed by atoms with Gasteiger partial charge in [-0.15, -0.1) is 0 Å². The molecule has 0 amide bonds. The standard InChI is InChI=1S/C20H27N3O3/c1-4-21-20(22-13-15-8-10-17(25-2)11-9-15)23-14-19(24)16-6-5-7-18(12-16)26-3/h5-12,19,24H,4,13-14H2,1-3H3,(H2,21,22,23). The van der Waals surface area contributed by atoms with Gasteiger partial charge in [0.2, 0.25) is 0 Å². The fourth-order valence-corrected chi connectivity index (χ4v) is 2.40. The van der Waals surface area contributed by atoms with Crippen LogP contribution in [0.2, 0.25) is 0 Å². The molecule has 2 aromatic rings. The predicted molar refractivity (Wildman–Crippen MR) is 104 cm³/mol. The van der Waals surface area contributed by atoms with E-state index >= 15 is 0 Å². The molecule has 0 saturated carbocycles. The number of guanidine groups is 1. The first-order chi connectivity index (χ1) is 12.7. The van der Waals surface area contributed by atoms with Crippen molar-refractivity contribution in [2.45, 2.75) is 19.6 Å². The maximum atomic E-state index is 10.4. The van der Waals surface area contributed by atoms with Gasteiger partial charge in [-0.3, -0.25) is 0 Å². The molecule has 0 aliphatic rings. The summed E-state index contributed by atoms with van der Waals surface area (Å²) in [6.07, 6.45) is -0.657. The molecule has 0 aliphatic carbocycles. The monoisotopic (exact) mass is 357 g/mol. The highest BCUT2D eigenvalue weighted by atomic mass is 16.5. The molecule has 1 unspecified atom stereocenters. The van der Waals surface area contributed by atoms with Crippen molar-refractivity contribution in [1.82, 2.24) is 10.6 Å². The van der Waals surface area contributed by atoms with E-state index in [1.165, 1.54) is 0 Å². The lowest BCUT2D eigenvalue weighted by atomic mass is 10.1. The Hall–Kier alpha value is -2.73. The van der Waals surface area contributed by atoms with Crippen LogP contribution in [0.5, 0.6) is 11.5 Å². The molecular weight excluding hydrogens is 330 g/mol. The maximum Gasteiger partial charge on any atom is 0.191 e. The first-order valence-corrected chi connectivity index (χ1v) is 8.63. The summed E-state index contributed by atoms with van der Waals surface area (Å²) in [4.78, 5) is 4.56. The molecule has 1 atom stereocenters. The van der Waals surface area contributed by atoms with Crippen LogP contribution in [0, 0.1) is 0 Å². The van der Waals surface area contributed by atoms with Gasteiger partial charge in [0, 0.05) is 13.1 Å². The molecule has 26 heavy (non-hydrogen) atoms. The number of rotatable bonds is 8. The lowest BCUT2D eigenvalue weighted by Crippen LogP contribution is -2.39. The minimum atomic E-state index is -0.657. The Bertz CT molecular complexity index is 702. The van der Waals surface area contributed by atoms with E-state index in [-0.39, 0.29) is 0 Å². The second kappa shape index (κ2) is 10.3. The summed E-state index contributed by atoms with van der Waals surface area (Å²) in [7, 11) is 3.26. The molecule has 140 valence electrons. The number of hydrogen-bond donors (Lipinski definition) is 3. The third-order valence-corrected chi connectivity index (χ3v) is 3.86. The Labute approximate surface area is 154 Å². The summed E-state index contributed by atoms with van der Waals surface area (Å²) >= 11 is 0. The van der Waals surface area contributed by atoms with Gasteiger partial charge in [-0.05, 0) is 42.3 Å². The van der Waals surface area contributed by atoms with Crippen LogP contribution in [0.4, 0.5) is 0 Å². The van der Waals surface area contributed by atoms with E-state index in [1.807, 2.05) is 55.5 Å². The molecule has 3 N–H and O–H groups in total. The highest BCUT2D eigenvalue weighted by molar-refractivity contribution is 5.79. The Morgan fingerprint density at radius 2 is 1.77 bits per heavy atom. The van der Waals surface area contributed by atoms with E-state index in [0.717, 1.165) is 29.2 Å². The smallest absolute Gasteiger partial charge is 0.191 e. The van der Waals surface area contributed by atoms with Crippen LogP contribution in [0.25, 0.3) is 0 Å². The van der Waals surface area contributed by atoms with Gasteiger partial charge in [0.25, 0.3) is 0 Å². The molecule has 0 spiro atoms. The minimum Gasteiger partial charge on any atom is -0.497 e. The van der Waals surface area contributed by atoms with Crippen LogP contribution in [0.15, 0.2) is 53.5 Å². The zero-order valence-corrected chi connectivity index (χ0v) is 15.5. The number of methoxy groups -OCH3 is 2. The van der Waals surface area contributed by atoms with Crippen molar-refractivity contribution in [2.24, 2.45) is 4.99 Å². The third kappa shape index (κ3) is 5.97.